The first kappa shape index (κ1) is 36.8. The third-order valence-corrected chi connectivity index (χ3v) is 5.19. The van der Waals surface area contributed by atoms with Crippen LogP contribution in [-0.2, 0) is 45.3 Å². The van der Waals surface area contributed by atoms with Crippen molar-refractivity contribution in [3.8, 4) is 0 Å². The summed E-state index contributed by atoms with van der Waals surface area (Å²) in [7, 11) is 0. The zero-order valence-electron chi connectivity index (χ0n) is 19.6. The summed E-state index contributed by atoms with van der Waals surface area (Å²) in [4.78, 5) is 2.24. The molecule has 0 amide bonds. The molecule has 5 atom stereocenters. The Hall–Kier alpha value is -1.31. The van der Waals surface area contributed by atoms with E-state index in [4.69, 9.17) is 18.7 Å². The van der Waals surface area contributed by atoms with Crippen LogP contribution in [-0.4, -0.2) is 90.2 Å². The SMILES string of the molecule is [99Tc+6].[C-]#[O+].[C-]#[O+].[C-]#[O+].[O-]C[C@H]1O[C@H](n2cc(CN3CCC[N-]CCC[N-]CCC3)nn2)[C@H]([O-])[C@H]([O-])[C@H]1[O-]. The summed E-state index contributed by atoms with van der Waals surface area (Å²) in [6.07, 6.45) is -3.78. The maximum Gasteiger partial charge on any atom is 0.138 e. The molecule has 0 spiro atoms. The fourth-order valence-electron chi connectivity index (χ4n) is 3.58. The average molecular weight is 591 g/mol. The van der Waals surface area contributed by atoms with Gasteiger partial charge in [0.2, 0.25) is 0 Å². The van der Waals surface area contributed by atoms with Gasteiger partial charge in [-0.05, 0) is 13.1 Å². The van der Waals surface area contributed by atoms with Gasteiger partial charge in [0.05, 0.1) is 11.9 Å². The molecule has 2 aliphatic rings. The van der Waals surface area contributed by atoms with Crippen molar-refractivity contribution >= 4 is 0 Å². The van der Waals surface area contributed by atoms with Crippen LogP contribution < -0.4 is 20.4 Å². The average Bonchev–Trinajstić information content (AvgIpc) is 3.36. The molecule has 1 radical (unpaired) electrons. The molecule has 0 aromatic carbocycles. The van der Waals surface area contributed by atoms with Gasteiger partial charge in [0, 0.05) is 12.6 Å². The van der Waals surface area contributed by atoms with Gasteiger partial charge in [-0.1, -0.05) is 30.6 Å². The van der Waals surface area contributed by atoms with Gasteiger partial charge in [0.25, 0.3) is 0 Å². The van der Waals surface area contributed by atoms with Gasteiger partial charge in [-0.3, -0.25) is 4.90 Å². The maximum atomic E-state index is 12.2. The van der Waals surface area contributed by atoms with E-state index in [1.165, 1.54) is 4.68 Å². The quantitative estimate of drug-likeness (QED) is 0.250. The molecule has 2 saturated heterocycles. The molecule has 3 heterocycles. The number of hydrogen-bond acceptors (Lipinski definition) is 8. The van der Waals surface area contributed by atoms with E-state index < -0.39 is 37.3 Å². The van der Waals surface area contributed by atoms with E-state index in [0.717, 1.165) is 58.5 Å². The number of ether oxygens (including phenoxy) is 1. The minimum atomic E-state index is -1.96. The van der Waals surface area contributed by atoms with Crippen molar-refractivity contribution in [1.29, 1.82) is 0 Å². The van der Waals surface area contributed by atoms with Crippen molar-refractivity contribution in [3.63, 3.8) is 0 Å². The molecule has 197 valence electrons. The van der Waals surface area contributed by atoms with E-state index >= 15 is 0 Å². The zero-order valence-corrected chi connectivity index (χ0v) is 21.4. The van der Waals surface area contributed by atoms with Crippen LogP contribution in [0.2, 0.25) is 0 Å². The van der Waals surface area contributed by atoms with Gasteiger partial charge >= 0.3 is 54.0 Å². The van der Waals surface area contributed by atoms with Crippen LogP contribution in [0.3, 0.4) is 0 Å². The van der Waals surface area contributed by atoms with E-state index in [9.17, 15) is 20.4 Å². The summed E-state index contributed by atoms with van der Waals surface area (Å²) >= 11 is 0. The minimum absolute atomic E-state index is 0. The number of rotatable bonds is 4. The number of nitrogens with zero attached hydrogens (tertiary/aromatic N) is 6. The van der Waals surface area contributed by atoms with Crippen LogP contribution in [0.15, 0.2) is 6.20 Å². The summed E-state index contributed by atoms with van der Waals surface area (Å²) in [5, 5.41) is 64.0. The number of hydrogen-bond donors (Lipinski definition) is 0. The molecule has 2 aliphatic heterocycles. The maximum absolute atomic E-state index is 12.2. The first-order chi connectivity index (χ1) is 17.1. The van der Waals surface area contributed by atoms with E-state index in [0.29, 0.717) is 12.2 Å². The smallest absolute Gasteiger partial charge is 0.138 e. The van der Waals surface area contributed by atoms with Gasteiger partial charge in [-0.25, -0.2) is 4.68 Å². The van der Waals surface area contributed by atoms with E-state index in [1.807, 2.05) is 0 Å². The third kappa shape index (κ3) is 12.3. The van der Waals surface area contributed by atoms with Crippen LogP contribution in [0, 0.1) is 20.0 Å². The molecule has 0 saturated carbocycles. The molecule has 0 bridgehead atoms. The van der Waals surface area contributed by atoms with Crippen molar-refractivity contribution in [2.45, 2.75) is 56.5 Å². The topological polar surface area (TPSA) is 223 Å². The molecule has 1 aromatic heterocycles. The molecule has 0 aliphatic carbocycles. The monoisotopic (exact) mass is 591 g/mol. The molecule has 3 rings (SSSR count). The van der Waals surface area contributed by atoms with E-state index in [1.54, 1.807) is 6.20 Å². The molecule has 0 unspecified atom stereocenters. The zero-order chi connectivity index (χ0) is 26.6. The van der Waals surface area contributed by atoms with Gasteiger partial charge in [-0.2, -0.15) is 13.1 Å². The summed E-state index contributed by atoms with van der Waals surface area (Å²) in [6.45, 7) is 18.2. The van der Waals surface area contributed by atoms with Crippen molar-refractivity contribution in [1.82, 2.24) is 19.9 Å². The first-order valence-corrected chi connectivity index (χ1v) is 10.8. The van der Waals surface area contributed by atoms with Crippen molar-refractivity contribution in [2.75, 3.05) is 45.9 Å². The van der Waals surface area contributed by atoms with Crippen molar-refractivity contribution in [3.05, 3.63) is 42.5 Å². The third-order valence-electron chi connectivity index (χ3n) is 5.19. The van der Waals surface area contributed by atoms with Gasteiger partial charge in [-0.15, -0.1) is 37.0 Å². The van der Waals surface area contributed by atoms with Crippen molar-refractivity contribution in [2.24, 2.45) is 0 Å². The molecule has 1 aromatic rings. The van der Waals surface area contributed by atoms with Gasteiger partial charge in [0.15, 0.2) is 0 Å². The van der Waals surface area contributed by atoms with Crippen LogP contribution in [0.5, 0.6) is 0 Å². The Morgan fingerprint density at radius 1 is 0.889 bits per heavy atom. The molecular weight excluding hydrogens is 563 g/mol. The van der Waals surface area contributed by atoms with Gasteiger partial charge < -0.3 is 35.8 Å². The summed E-state index contributed by atoms with van der Waals surface area (Å²) in [5.41, 5.74) is 0.632. The predicted molar refractivity (Wildman–Crippen MR) is 107 cm³/mol. The second-order valence-corrected chi connectivity index (χ2v) is 7.49. The first-order valence-electron chi connectivity index (χ1n) is 10.8. The van der Waals surface area contributed by atoms with E-state index in [-0.39, 0.29) is 20.1 Å². The van der Waals surface area contributed by atoms with Crippen LogP contribution >= 0.6 is 0 Å². The predicted octanol–water partition coefficient (Wildman–Crippen LogP) is -3.66. The fraction of sp³-hybridized carbons (Fsp3) is 0.762. The largest absolute Gasteiger partial charge is 0.853 e. The normalized spacial score (nSPS) is 27.3. The molecule has 15 heteroatoms. The molecule has 0 N–H and O–H groups in total. The number of aromatic nitrogens is 3. The van der Waals surface area contributed by atoms with Gasteiger partial charge in [0.1, 0.15) is 6.23 Å². The molecular formula is C21H28N6O8Tc. The summed E-state index contributed by atoms with van der Waals surface area (Å²) in [5.74, 6) is 0. The summed E-state index contributed by atoms with van der Waals surface area (Å²) in [6, 6.07) is 0. The fourth-order valence-corrected chi connectivity index (χ4v) is 3.58. The Balaban J connectivity index is 0. The Labute approximate surface area is 223 Å². The molecule has 2 fully saturated rings. The Kier molecular flexibility index (Phi) is 23.4. The van der Waals surface area contributed by atoms with Crippen LogP contribution in [0.1, 0.15) is 31.2 Å². The Morgan fingerprint density at radius 2 is 1.42 bits per heavy atom. The van der Waals surface area contributed by atoms with E-state index in [2.05, 4.69) is 45.8 Å². The second-order valence-electron chi connectivity index (χ2n) is 7.49. The second kappa shape index (κ2) is 22.9. The van der Waals surface area contributed by atoms with Crippen LogP contribution in [0.4, 0.5) is 0 Å². The standard InChI is InChI=1S/C18H28N6O5.3CO.Tc/c25-12-14-15(26)16(27)17(28)18(29-14)24-11-13(21-22-24)10-23-8-2-6-19-4-1-5-20-7-3-9-23;3*1-2;/h11,14-18H,1-10,12H2;;;;/q-6;;;;+6/t14-,15+,16-,17-,18+;;;;/m1..../s1/i;;;;1+1. The Morgan fingerprint density at radius 3 is 1.94 bits per heavy atom. The molecule has 14 nitrogen and oxygen atoms in total. The summed E-state index contributed by atoms with van der Waals surface area (Å²) < 4.78 is 29.0. The minimum Gasteiger partial charge on any atom is -0.853 e. The molecule has 36 heavy (non-hydrogen) atoms. The van der Waals surface area contributed by atoms with Crippen molar-refractivity contribution < 1.29 is 59.2 Å². The Bertz CT molecular complexity index is 708. The van der Waals surface area contributed by atoms with Crippen LogP contribution in [0.25, 0.3) is 10.6 Å².